The number of fused-ring (bicyclic) bond motifs is 1. The summed E-state index contributed by atoms with van der Waals surface area (Å²) in [5, 5.41) is 16.5. The van der Waals surface area contributed by atoms with E-state index in [-0.39, 0.29) is 12.5 Å². The van der Waals surface area contributed by atoms with E-state index >= 15 is 0 Å². The van der Waals surface area contributed by atoms with E-state index in [0.717, 1.165) is 39.0 Å². The molecule has 0 aliphatic heterocycles. The van der Waals surface area contributed by atoms with Crippen LogP contribution in [0.25, 0.3) is 15.5 Å². The van der Waals surface area contributed by atoms with Crippen molar-refractivity contribution in [3.8, 4) is 16.3 Å². The number of aryl methyl sites for hydroxylation is 2. The highest BCUT2D eigenvalue weighted by Gasteiger charge is 2.13. The van der Waals surface area contributed by atoms with Gasteiger partial charge in [0.05, 0.1) is 0 Å². The van der Waals surface area contributed by atoms with Crippen molar-refractivity contribution in [1.82, 2.24) is 19.8 Å². The number of ether oxygens (including phenoxy) is 1. The van der Waals surface area contributed by atoms with Gasteiger partial charge in [0, 0.05) is 11.3 Å². The number of nitrogens with one attached hydrogen (secondary N) is 1. The maximum atomic E-state index is 12.5. The molecule has 4 aromatic rings. The summed E-state index contributed by atoms with van der Waals surface area (Å²) in [7, 11) is 0. The Labute approximate surface area is 185 Å². The van der Waals surface area contributed by atoms with Crippen molar-refractivity contribution in [2.24, 2.45) is 0 Å². The molecule has 1 amide bonds. The minimum absolute atomic E-state index is 0.0533. The maximum Gasteiger partial charge on any atom is 0.262 e. The van der Waals surface area contributed by atoms with Crippen molar-refractivity contribution in [3.63, 3.8) is 0 Å². The van der Waals surface area contributed by atoms with Crippen LogP contribution in [-0.2, 0) is 4.79 Å². The smallest absolute Gasteiger partial charge is 0.262 e. The lowest BCUT2D eigenvalue weighted by atomic mass is 9.99. The van der Waals surface area contributed by atoms with Gasteiger partial charge in [-0.15, -0.1) is 10.2 Å². The lowest BCUT2D eigenvalue weighted by molar-refractivity contribution is -0.118. The molecule has 2 heterocycles. The van der Waals surface area contributed by atoms with Gasteiger partial charge in [0.2, 0.25) is 4.96 Å². The summed E-state index contributed by atoms with van der Waals surface area (Å²) in [6, 6.07) is 13.8. The fourth-order valence-corrected chi connectivity index (χ4v) is 4.07. The Morgan fingerprint density at radius 3 is 2.65 bits per heavy atom. The summed E-state index contributed by atoms with van der Waals surface area (Å²) in [5.74, 6) is 1.73. The third kappa shape index (κ3) is 4.59. The molecule has 0 fully saturated rings. The van der Waals surface area contributed by atoms with Crippen LogP contribution in [0.1, 0.15) is 43.1 Å². The summed E-state index contributed by atoms with van der Waals surface area (Å²) < 4.78 is 7.39. The van der Waals surface area contributed by atoms with Gasteiger partial charge in [-0.25, -0.2) is 0 Å². The molecule has 0 spiro atoms. The van der Waals surface area contributed by atoms with Crippen LogP contribution in [0.15, 0.2) is 42.5 Å². The number of nitrogens with zero attached hydrogens (tertiary/aromatic N) is 4. The second-order valence-corrected chi connectivity index (χ2v) is 8.55. The van der Waals surface area contributed by atoms with Gasteiger partial charge in [0.15, 0.2) is 12.4 Å². The lowest BCUT2D eigenvalue weighted by Gasteiger charge is -2.12. The second-order valence-electron chi connectivity index (χ2n) is 7.59. The molecule has 31 heavy (non-hydrogen) atoms. The zero-order valence-electron chi connectivity index (χ0n) is 18.0. The fraction of sp³-hybridized carbons (Fsp3) is 0.304. The number of hydrogen-bond acceptors (Lipinski definition) is 6. The molecular weight excluding hydrogens is 410 g/mol. The molecule has 0 aliphatic carbocycles. The van der Waals surface area contributed by atoms with Crippen LogP contribution in [0, 0.1) is 13.8 Å². The Morgan fingerprint density at radius 2 is 1.94 bits per heavy atom. The summed E-state index contributed by atoms with van der Waals surface area (Å²) in [4.78, 5) is 13.2. The molecule has 0 saturated carbocycles. The first-order chi connectivity index (χ1) is 14.9. The van der Waals surface area contributed by atoms with Crippen LogP contribution < -0.4 is 10.1 Å². The van der Waals surface area contributed by atoms with E-state index < -0.39 is 0 Å². The van der Waals surface area contributed by atoms with E-state index in [1.54, 1.807) is 4.52 Å². The molecule has 1 atom stereocenters. The summed E-state index contributed by atoms with van der Waals surface area (Å²) in [6.07, 6.45) is 1.09. The first-order valence-corrected chi connectivity index (χ1v) is 11.1. The molecule has 8 heteroatoms. The van der Waals surface area contributed by atoms with Crippen LogP contribution in [0.4, 0.5) is 5.69 Å². The Hall–Kier alpha value is -3.26. The SMILES string of the molecule is CCC(C)c1ccc(OCC(=O)Nc2cc(-c3nn4c(C)nnc4s3)ccc2C)cc1. The average molecular weight is 436 g/mol. The number of amides is 1. The van der Waals surface area contributed by atoms with Gasteiger partial charge in [0.1, 0.15) is 10.8 Å². The maximum absolute atomic E-state index is 12.5. The number of hydrogen-bond donors (Lipinski definition) is 1. The highest BCUT2D eigenvalue weighted by atomic mass is 32.1. The summed E-state index contributed by atoms with van der Waals surface area (Å²) >= 11 is 1.46. The van der Waals surface area contributed by atoms with E-state index in [4.69, 9.17) is 4.74 Å². The van der Waals surface area contributed by atoms with Gasteiger partial charge in [0.25, 0.3) is 5.91 Å². The van der Waals surface area contributed by atoms with Crippen LogP contribution in [0.2, 0.25) is 0 Å². The van der Waals surface area contributed by atoms with Gasteiger partial charge in [-0.05, 0) is 55.5 Å². The number of anilines is 1. The van der Waals surface area contributed by atoms with Gasteiger partial charge in [-0.3, -0.25) is 4.79 Å². The molecule has 1 N–H and O–H groups in total. The van der Waals surface area contributed by atoms with Gasteiger partial charge in [-0.1, -0.05) is 49.4 Å². The average Bonchev–Trinajstić information content (AvgIpc) is 3.35. The van der Waals surface area contributed by atoms with Gasteiger partial charge >= 0.3 is 0 Å². The molecule has 1 unspecified atom stereocenters. The standard InChI is InChI=1S/C23H25N5O2S/c1-5-14(2)17-8-10-19(11-9-17)30-13-21(29)24-20-12-18(7-6-15(20)3)22-27-28-16(4)25-26-23(28)31-22/h6-12,14H,5,13H2,1-4H3,(H,24,29). The number of carbonyl (C=O) groups is 1. The molecule has 2 aromatic carbocycles. The number of aromatic nitrogens is 4. The van der Waals surface area contributed by atoms with Crippen molar-refractivity contribution in [2.45, 2.75) is 40.0 Å². The largest absolute Gasteiger partial charge is 0.484 e. The molecule has 0 bridgehead atoms. The quantitative estimate of drug-likeness (QED) is 0.442. The van der Waals surface area contributed by atoms with Crippen LogP contribution in [0.3, 0.4) is 0 Å². The predicted molar refractivity (Wildman–Crippen MR) is 123 cm³/mol. The highest BCUT2D eigenvalue weighted by molar-refractivity contribution is 7.19. The third-order valence-corrected chi connectivity index (χ3v) is 6.28. The topological polar surface area (TPSA) is 81.4 Å². The number of rotatable bonds is 7. The fourth-order valence-electron chi connectivity index (χ4n) is 3.18. The molecular formula is C23H25N5O2S. The lowest BCUT2D eigenvalue weighted by Crippen LogP contribution is -2.20. The second kappa shape index (κ2) is 8.85. The Morgan fingerprint density at radius 1 is 1.16 bits per heavy atom. The normalized spacial score (nSPS) is 12.1. The number of carbonyl (C=O) groups excluding carboxylic acids is 1. The first-order valence-electron chi connectivity index (χ1n) is 10.3. The molecule has 0 aliphatic rings. The minimum atomic E-state index is -0.208. The van der Waals surface area contributed by atoms with Crippen molar-refractivity contribution in [2.75, 3.05) is 11.9 Å². The zero-order chi connectivity index (χ0) is 22.0. The van der Waals surface area contributed by atoms with Crippen molar-refractivity contribution < 1.29 is 9.53 Å². The van der Waals surface area contributed by atoms with E-state index in [0.29, 0.717) is 11.7 Å². The van der Waals surface area contributed by atoms with E-state index in [1.807, 2.05) is 44.2 Å². The molecule has 7 nitrogen and oxygen atoms in total. The van der Waals surface area contributed by atoms with Gasteiger partial charge in [-0.2, -0.15) is 9.61 Å². The number of benzene rings is 2. The van der Waals surface area contributed by atoms with Crippen molar-refractivity contribution >= 4 is 27.9 Å². The predicted octanol–water partition coefficient (Wildman–Crippen LogP) is 5.00. The van der Waals surface area contributed by atoms with Crippen LogP contribution in [-0.4, -0.2) is 32.3 Å². The Bertz CT molecular complexity index is 1210. The molecule has 2 aromatic heterocycles. The molecule has 0 radical (unpaired) electrons. The monoisotopic (exact) mass is 435 g/mol. The highest BCUT2D eigenvalue weighted by Crippen LogP contribution is 2.29. The Kier molecular flexibility index (Phi) is 5.99. The van der Waals surface area contributed by atoms with Gasteiger partial charge < -0.3 is 10.1 Å². The van der Waals surface area contributed by atoms with E-state index in [1.165, 1.54) is 16.9 Å². The van der Waals surface area contributed by atoms with Crippen molar-refractivity contribution in [3.05, 3.63) is 59.4 Å². The molecule has 4 rings (SSSR count). The molecule has 160 valence electrons. The minimum Gasteiger partial charge on any atom is -0.484 e. The summed E-state index contributed by atoms with van der Waals surface area (Å²) in [6.45, 7) is 8.13. The van der Waals surface area contributed by atoms with Crippen LogP contribution in [0.5, 0.6) is 5.75 Å². The summed E-state index contributed by atoms with van der Waals surface area (Å²) in [5.41, 5.74) is 3.89. The first kappa shape index (κ1) is 21.0. The van der Waals surface area contributed by atoms with Crippen molar-refractivity contribution in [1.29, 1.82) is 0 Å². The van der Waals surface area contributed by atoms with E-state index in [2.05, 4.69) is 46.6 Å². The van der Waals surface area contributed by atoms with E-state index in [9.17, 15) is 4.79 Å². The Balaban J connectivity index is 1.42. The molecule has 0 saturated heterocycles. The van der Waals surface area contributed by atoms with Crippen LogP contribution >= 0.6 is 11.3 Å². The third-order valence-electron chi connectivity index (χ3n) is 5.34. The zero-order valence-corrected chi connectivity index (χ0v) is 18.9.